The SMILES string of the molecule is CC(C)(NCc1cc(-c2ccc(C(F)(F)F)cc2)ccn1)C(N)=O.Cl. The highest BCUT2D eigenvalue weighted by molar-refractivity contribution is 5.85. The van der Waals surface area contributed by atoms with Gasteiger partial charge in [0.15, 0.2) is 0 Å². The van der Waals surface area contributed by atoms with Crippen molar-refractivity contribution in [2.24, 2.45) is 5.73 Å². The van der Waals surface area contributed by atoms with E-state index in [4.69, 9.17) is 5.73 Å². The van der Waals surface area contributed by atoms with E-state index in [1.54, 1.807) is 32.2 Å². The number of hydrogen-bond donors (Lipinski definition) is 2. The summed E-state index contributed by atoms with van der Waals surface area (Å²) in [6.07, 6.45) is -2.78. The Hall–Kier alpha value is -2.12. The maximum Gasteiger partial charge on any atom is 0.416 e. The summed E-state index contributed by atoms with van der Waals surface area (Å²) < 4.78 is 37.8. The number of nitrogens with zero attached hydrogens (tertiary/aromatic N) is 1. The second-order valence-electron chi connectivity index (χ2n) is 5.95. The van der Waals surface area contributed by atoms with Crippen molar-refractivity contribution >= 4 is 18.3 Å². The summed E-state index contributed by atoms with van der Waals surface area (Å²) in [4.78, 5) is 15.5. The van der Waals surface area contributed by atoms with Crippen molar-refractivity contribution in [1.29, 1.82) is 0 Å². The number of carbonyl (C=O) groups is 1. The van der Waals surface area contributed by atoms with Crippen LogP contribution in [0.5, 0.6) is 0 Å². The van der Waals surface area contributed by atoms with Crippen LogP contribution in [0.25, 0.3) is 11.1 Å². The van der Waals surface area contributed by atoms with Crippen LogP contribution < -0.4 is 11.1 Å². The zero-order valence-electron chi connectivity index (χ0n) is 13.7. The maximum absolute atomic E-state index is 12.6. The third-order valence-electron chi connectivity index (χ3n) is 3.69. The minimum atomic E-state index is -4.35. The molecule has 0 fully saturated rings. The number of nitrogens with one attached hydrogen (secondary N) is 1. The van der Waals surface area contributed by atoms with Gasteiger partial charge in [0.1, 0.15) is 0 Å². The largest absolute Gasteiger partial charge is 0.416 e. The number of benzene rings is 1. The second kappa shape index (κ2) is 7.84. The maximum atomic E-state index is 12.6. The smallest absolute Gasteiger partial charge is 0.368 e. The lowest BCUT2D eigenvalue weighted by Crippen LogP contribution is -2.50. The first-order chi connectivity index (χ1) is 11.1. The van der Waals surface area contributed by atoms with Crippen LogP contribution in [0.1, 0.15) is 25.1 Å². The Balaban J connectivity index is 0.00000312. The van der Waals surface area contributed by atoms with Crippen LogP contribution in [0.15, 0.2) is 42.6 Å². The molecule has 3 N–H and O–H groups in total. The molecule has 25 heavy (non-hydrogen) atoms. The number of halogens is 4. The molecule has 0 aliphatic rings. The van der Waals surface area contributed by atoms with E-state index in [0.29, 0.717) is 17.8 Å². The van der Waals surface area contributed by atoms with Crippen LogP contribution in [0.3, 0.4) is 0 Å². The molecule has 1 amide bonds. The molecule has 2 aromatic rings. The van der Waals surface area contributed by atoms with Crippen molar-refractivity contribution in [2.75, 3.05) is 0 Å². The minimum absolute atomic E-state index is 0. The monoisotopic (exact) mass is 373 g/mol. The van der Waals surface area contributed by atoms with Gasteiger partial charge in [0, 0.05) is 12.7 Å². The Kier molecular flexibility index (Phi) is 6.56. The van der Waals surface area contributed by atoms with E-state index in [1.807, 2.05) is 0 Å². The van der Waals surface area contributed by atoms with Crippen LogP contribution in [-0.4, -0.2) is 16.4 Å². The molecule has 0 unspecified atom stereocenters. The first kappa shape index (κ1) is 20.9. The number of alkyl halides is 3. The van der Waals surface area contributed by atoms with Gasteiger partial charge in [0.25, 0.3) is 0 Å². The summed E-state index contributed by atoms with van der Waals surface area (Å²) in [6, 6.07) is 8.40. The Bertz CT molecular complexity index is 731. The fraction of sp³-hybridized carbons (Fsp3) is 0.294. The summed E-state index contributed by atoms with van der Waals surface area (Å²) in [7, 11) is 0. The molecule has 0 radical (unpaired) electrons. The van der Waals surface area contributed by atoms with Crippen LogP contribution in [0.4, 0.5) is 13.2 Å². The van der Waals surface area contributed by atoms with Crippen molar-refractivity contribution in [3.63, 3.8) is 0 Å². The number of amides is 1. The second-order valence-corrected chi connectivity index (χ2v) is 5.95. The number of carbonyl (C=O) groups excluding carboxylic acids is 1. The van der Waals surface area contributed by atoms with Crippen molar-refractivity contribution in [3.8, 4) is 11.1 Å². The van der Waals surface area contributed by atoms with Crippen molar-refractivity contribution < 1.29 is 18.0 Å². The molecule has 0 saturated heterocycles. The molecule has 1 aromatic carbocycles. The lowest BCUT2D eigenvalue weighted by atomic mass is 10.0. The predicted molar refractivity (Wildman–Crippen MR) is 92.0 cm³/mol. The van der Waals surface area contributed by atoms with E-state index < -0.39 is 23.2 Å². The molecule has 8 heteroatoms. The highest BCUT2D eigenvalue weighted by atomic mass is 35.5. The molecular formula is C17H19ClF3N3O. The number of aromatic nitrogens is 1. The third-order valence-corrected chi connectivity index (χ3v) is 3.69. The van der Waals surface area contributed by atoms with E-state index >= 15 is 0 Å². The lowest BCUT2D eigenvalue weighted by Gasteiger charge is -2.22. The Labute approximate surface area is 150 Å². The average Bonchev–Trinajstić information content (AvgIpc) is 2.52. The summed E-state index contributed by atoms with van der Waals surface area (Å²) in [6.45, 7) is 3.63. The average molecular weight is 374 g/mol. The Morgan fingerprint density at radius 3 is 2.24 bits per heavy atom. The van der Waals surface area contributed by atoms with Crippen LogP contribution in [-0.2, 0) is 17.5 Å². The molecule has 1 aromatic heterocycles. The predicted octanol–water partition coefficient (Wildman–Crippen LogP) is 3.54. The molecule has 0 saturated carbocycles. The normalized spacial score (nSPS) is 11.7. The van der Waals surface area contributed by atoms with Gasteiger partial charge < -0.3 is 5.73 Å². The molecule has 0 aliphatic heterocycles. The number of nitrogens with two attached hydrogens (primary N) is 1. The lowest BCUT2D eigenvalue weighted by molar-refractivity contribution is -0.137. The van der Waals surface area contributed by atoms with E-state index in [-0.39, 0.29) is 12.4 Å². The molecule has 4 nitrogen and oxygen atoms in total. The van der Waals surface area contributed by atoms with E-state index in [2.05, 4.69) is 10.3 Å². The van der Waals surface area contributed by atoms with E-state index in [0.717, 1.165) is 17.7 Å². The van der Waals surface area contributed by atoms with Gasteiger partial charge in [-0.3, -0.25) is 15.1 Å². The third kappa shape index (κ3) is 5.44. The molecule has 2 rings (SSSR count). The summed E-state index contributed by atoms with van der Waals surface area (Å²) >= 11 is 0. The standard InChI is InChI=1S/C17H18F3N3O.ClH/c1-16(2,15(21)24)23-10-14-9-12(7-8-22-14)11-3-5-13(6-4-11)17(18,19)20;/h3-9,23H,10H2,1-2H3,(H2,21,24);1H. The zero-order chi connectivity index (χ0) is 18.0. The van der Waals surface area contributed by atoms with E-state index in [1.165, 1.54) is 12.1 Å². The zero-order valence-corrected chi connectivity index (χ0v) is 14.5. The topological polar surface area (TPSA) is 68.0 Å². The highest BCUT2D eigenvalue weighted by Crippen LogP contribution is 2.31. The molecule has 136 valence electrons. The van der Waals surface area contributed by atoms with Crippen molar-refractivity contribution in [3.05, 3.63) is 53.9 Å². The Morgan fingerprint density at radius 1 is 1.12 bits per heavy atom. The van der Waals surface area contributed by atoms with Crippen molar-refractivity contribution in [1.82, 2.24) is 10.3 Å². The number of pyridine rings is 1. The van der Waals surface area contributed by atoms with Gasteiger partial charge in [-0.2, -0.15) is 13.2 Å². The van der Waals surface area contributed by atoms with Crippen LogP contribution in [0.2, 0.25) is 0 Å². The van der Waals surface area contributed by atoms with Crippen LogP contribution in [0, 0.1) is 0 Å². The Morgan fingerprint density at radius 2 is 1.72 bits per heavy atom. The van der Waals surface area contributed by atoms with Gasteiger partial charge in [-0.15, -0.1) is 12.4 Å². The number of hydrogen-bond acceptors (Lipinski definition) is 3. The van der Waals surface area contributed by atoms with E-state index in [9.17, 15) is 18.0 Å². The molecule has 0 bridgehead atoms. The highest BCUT2D eigenvalue weighted by Gasteiger charge is 2.30. The fourth-order valence-electron chi connectivity index (χ4n) is 2.00. The number of primary amides is 1. The number of rotatable bonds is 5. The fourth-order valence-corrected chi connectivity index (χ4v) is 2.00. The minimum Gasteiger partial charge on any atom is -0.368 e. The molecular weight excluding hydrogens is 355 g/mol. The van der Waals surface area contributed by atoms with Gasteiger partial charge in [0.2, 0.25) is 5.91 Å². The quantitative estimate of drug-likeness (QED) is 0.842. The van der Waals surface area contributed by atoms with Gasteiger partial charge in [-0.1, -0.05) is 12.1 Å². The summed E-state index contributed by atoms with van der Waals surface area (Å²) in [5.74, 6) is -0.485. The van der Waals surface area contributed by atoms with Crippen molar-refractivity contribution in [2.45, 2.75) is 32.1 Å². The molecule has 0 spiro atoms. The molecule has 1 heterocycles. The van der Waals surface area contributed by atoms with Gasteiger partial charge >= 0.3 is 6.18 Å². The summed E-state index contributed by atoms with van der Waals surface area (Å²) in [5.41, 5.74) is 5.77. The molecule has 0 atom stereocenters. The summed E-state index contributed by atoms with van der Waals surface area (Å²) in [5, 5.41) is 3.00. The van der Waals surface area contributed by atoms with Crippen LogP contribution >= 0.6 is 12.4 Å². The van der Waals surface area contributed by atoms with Gasteiger partial charge in [0.05, 0.1) is 16.8 Å². The van der Waals surface area contributed by atoms with Gasteiger partial charge in [-0.05, 0) is 49.2 Å². The first-order valence-corrected chi connectivity index (χ1v) is 7.27. The first-order valence-electron chi connectivity index (χ1n) is 7.27. The van der Waals surface area contributed by atoms with Gasteiger partial charge in [-0.25, -0.2) is 0 Å². The molecule has 0 aliphatic carbocycles.